The summed E-state index contributed by atoms with van der Waals surface area (Å²) in [7, 11) is 0. The van der Waals surface area contributed by atoms with Gasteiger partial charge in [0.15, 0.2) is 0 Å². The standard InChI is InChI=1S/C11H15NO/c12-6-5-9-3-4-11-10(8-9)2-1-7-13-11/h3-4,8H,1-2,5-7,12H2. The van der Waals surface area contributed by atoms with Gasteiger partial charge in [0.25, 0.3) is 0 Å². The van der Waals surface area contributed by atoms with Crippen LogP contribution < -0.4 is 10.5 Å². The minimum Gasteiger partial charge on any atom is -0.493 e. The Kier molecular flexibility index (Phi) is 2.50. The number of hydrogen-bond donors (Lipinski definition) is 1. The van der Waals surface area contributed by atoms with Crippen molar-refractivity contribution in [2.75, 3.05) is 13.2 Å². The number of benzene rings is 1. The first kappa shape index (κ1) is 8.57. The van der Waals surface area contributed by atoms with Crippen molar-refractivity contribution in [1.82, 2.24) is 0 Å². The third-order valence-corrected chi connectivity index (χ3v) is 2.41. The van der Waals surface area contributed by atoms with Crippen LogP contribution in [0.5, 0.6) is 5.75 Å². The lowest BCUT2D eigenvalue weighted by molar-refractivity contribution is 0.288. The van der Waals surface area contributed by atoms with Gasteiger partial charge in [-0.05, 0) is 43.0 Å². The van der Waals surface area contributed by atoms with E-state index < -0.39 is 0 Å². The van der Waals surface area contributed by atoms with Crippen molar-refractivity contribution in [3.8, 4) is 5.75 Å². The summed E-state index contributed by atoms with van der Waals surface area (Å²) in [4.78, 5) is 0. The highest BCUT2D eigenvalue weighted by molar-refractivity contribution is 5.38. The van der Waals surface area contributed by atoms with Gasteiger partial charge < -0.3 is 10.5 Å². The Morgan fingerprint density at radius 1 is 1.38 bits per heavy atom. The molecular formula is C11H15NO. The molecule has 0 saturated heterocycles. The van der Waals surface area contributed by atoms with Gasteiger partial charge in [0.2, 0.25) is 0 Å². The lowest BCUT2D eigenvalue weighted by Gasteiger charge is -2.17. The largest absolute Gasteiger partial charge is 0.493 e. The normalized spacial score (nSPS) is 14.8. The Labute approximate surface area is 78.7 Å². The second-order valence-electron chi connectivity index (χ2n) is 3.43. The molecule has 1 aromatic rings. The molecule has 2 N–H and O–H groups in total. The van der Waals surface area contributed by atoms with Crippen LogP contribution in [0.1, 0.15) is 17.5 Å². The third kappa shape index (κ3) is 1.83. The van der Waals surface area contributed by atoms with Crippen LogP contribution in [0, 0.1) is 0 Å². The molecule has 0 fully saturated rings. The van der Waals surface area contributed by atoms with E-state index >= 15 is 0 Å². The first-order valence-corrected chi connectivity index (χ1v) is 4.85. The molecule has 0 saturated carbocycles. The highest BCUT2D eigenvalue weighted by Gasteiger charge is 2.09. The Morgan fingerprint density at radius 2 is 2.31 bits per heavy atom. The molecule has 0 atom stereocenters. The molecule has 1 aliphatic heterocycles. The van der Waals surface area contributed by atoms with Gasteiger partial charge in [-0.15, -0.1) is 0 Å². The second kappa shape index (κ2) is 3.79. The van der Waals surface area contributed by atoms with Crippen molar-refractivity contribution >= 4 is 0 Å². The van der Waals surface area contributed by atoms with Gasteiger partial charge in [-0.1, -0.05) is 12.1 Å². The minimum atomic E-state index is 0.722. The summed E-state index contributed by atoms with van der Waals surface area (Å²) >= 11 is 0. The van der Waals surface area contributed by atoms with Crippen molar-refractivity contribution in [2.45, 2.75) is 19.3 Å². The third-order valence-electron chi connectivity index (χ3n) is 2.41. The number of aryl methyl sites for hydroxylation is 1. The topological polar surface area (TPSA) is 35.2 Å². The summed E-state index contributed by atoms with van der Waals surface area (Å²) in [5, 5.41) is 0. The maximum atomic E-state index is 5.53. The lowest BCUT2D eigenvalue weighted by Crippen LogP contribution is -2.09. The van der Waals surface area contributed by atoms with Gasteiger partial charge in [0.05, 0.1) is 6.61 Å². The van der Waals surface area contributed by atoms with Crippen LogP contribution in [0.4, 0.5) is 0 Å². The first-order chi connectivity index (χ1) is 6.40. The average molecular weight is 177 g/mol. The van der Waals surface area contributed by atoms with Crippen molar-refractivity contribution in [1.29, 1.82) is 0 Å². The van der Waals surface area contributed by atoms with Crippen LogP contribution in [0.2, 0.25) is 0 Å². The molecule has 70 valence electrons. The number of hydrogen-bond acceptors (Lipinski definition) is 2. The van der Waals surface area contributed by atoms with Crippen molar-refractivity contribution in [3.63, 3.8) is 0 Å². The van der Waals surface area contributed by atoms with E-state index in [4.69, 9.17) is 10.5 Å². The van der Waals surface area contributed by atoms with Crippen LogP contribution in [0.25, 0.3) is 0 Å². The monoisotopic (exact) mass is 177 g/mol. The lowest BCUT2D eigenvalue weighted by atomic mass is 10.0. The maximum Gasteiger partial charge on any atom is 0.122 e. The highest BCUT2D eigenvalue weighted by Crippen LogP contribution is 2.25. The summed E-state index contributed by atoms with van der Waals surface area (Å²) in [6, 6.07) is 6.40. The number of rotatable bonds is 2. The van der Waals surface area contributed by atoms with Gasteiger partial charge >= 0.3 is 0 Å². The Bertz CT molecular complexity index is 296. The number of fused-ring (bicyclic) bond motifs is 1. The summed E-state index contributed by atoms with van der Waals surface area (Å²) < 4.78 is 5.53. The Morgan fingerprint density at radius 3 is 3.15 bits per heavy atom. The van der Waals surface area contributed by atoms with E-state index in [1.54, 1.807) is 0 Å². The molecule has 0 amide bonds. The second-order valence-corrected chi connectivity index (χ2v) is 3.43. The minimum absolute atomic E-state index is 0.722. The molecule has 0 unspecified atom stereocenters. The quantitative estimate of drug-likeness (QED) is 0.743. The molecule has 2 heteroatoms. The van der Waals surface area contributed by atoms with Crippen LogP contribution in [-0.2, 0) is 12.8 Å². The van der Waals surface area contributed by atoms with Crippen LogP contribution >= 0.6 is 0 Å². The van der Waals surface area contributed by atoms with E-state index in [2.05, 4.69) is 18.2 Å². The van der Waals surface area contributed by atoms with E-state index in [0.717, 1.165) is 38.2 Å². The molecule has 2 rings (SSSR count). The van der Waals surface area contributed by atoms with E-state index in [-0.39, 0.29) is 0 Å². The highest BCUT2D eigenvalue weighted by atomic mass is 16.5. The first-order valence-electron chi connectivity index (χ1n) is 4.85. The van der Waals surface area contributed by atoms with Crippen LogP contribution in [0.3, 0.4) is 0 Å². The van der Waals surface area contributed by atoms with Crippen molar-refractivity contribution in [3.05, 3.63) is 29.3 Å². The maximum absolute atomic E-state index is 5.53. The molecule has 0 bridgehead atoms. The molecular weight excluding hydrogens is 162 g/mol. The fourth-order valence-corrected chi connectivity index (χ4v) is 1.74. The number of nitrogens with two attached hydrogens (primary N) is 1. The fraction of sp³-hybridized carbons (Fsp3) is 0.455. The zero-order valence-corrected chi connectivity index (χ0v) is 7.75. The van der Waals surface area contributed by atoms with E-state index in [1.165, 1.54) is 11.1 Å². The van der Waals surface area contributed by atoms with Gasteiger partial charge in [0, 0.05) is 0 Å². The van der Waals surface area contributed by atoms with E-state index in [1.807, 2.05) is 0 Å². The average Bonchev–Trinajstić information content (AvgIpc) is 2.18. The fourth-order valence-electron chi connectivity index (χ4n) is 1.74. The molecule has 2 nitrogen and oxygen atoms in total. The predicted molar refractivity (Wildman–Crippen MR) is 53.0 cm³/mol. The molecule has 0 spiro atoms. The molecule has 13 heavy (non-hydrogen) atoms. The summed E-state index contributed by atoms with van der Waals surface area (Å²) in [5.41, 5.74) is 8.18. The Hall–Kier alpha value is -1.02. The molecule has 1 aliphatic rings. The smallest absolute Gasteiger partial charge is 0.122 e. The zero-order chi connectivity index (χ0) is 9.10. The van der Waals surface area contributed by atoms with Gasteiger partial charge in [-0.25, -0.2) is 0 Å². The molecule has 1 heterocycles. The van der Waals surface area contributed by atoms with Crippen molar-refractivity contribution < 1.29 is 4.74 Å². The van der Waals surface area contributed by atoms with Gasteiger partial charge in [-0.3, -0.25) is 0 Å². The summed E-state index contributed by atoms with van der Waals surface area (Å²) in [6.07, 6.45) is 3.25. The Balaban J connectivity index is 2.24. The van der Waals surface area contributed by atoms with Crippen LogP contribution in [-0.4, -0.2) is 13.2 Å². The van der Waals surface area contributed by atoms with E-state index in [9.17, 15) is 0 Å². The molecule has 0 aromatic heterocycles. The number of ether oxygens (including phenoxy) is 1. The summed E-state index contributed by atoms with van der Waals surface area (Å²) in [6.45, 7) is 1.59. The van der Waals surface area contributed by atoms with Crippen LogP contribution in [0.15, 0.2) is 18.2 Å². The van der Waals surface area contributed by atoms with Gasteiger partial charge in [0.1, 0.15) is 5.75 Å². The summed E-state index contributed by atoms with van der Waals surface area (Å²) in [5.74, 6) is 1.06. The zero-order valence-electron chi connectivity index (χ0n) is 7.75. The van der Waals surface area contributed by atoms with Crippen molar-refractivity contribution in [2.24, 2.45) is 5.73 Å². The molecule has 1 aromatic carbocycles. The van der Waals surface area contributed by atoms with Gasteiger partial charge in [-0.2, -0.15) is 0 Å². The molecule has 0 aliphatic carbocycles. The van der Waals surface area contributed by atoms with E-state index in [0.29, 0.717) is 0 Å². The SMILES string of the molecule is NCCc1ccc2c(c1)CCCO2. The predicted octanol–water partition coefficient (Wildman–Crippen LogP) is 1.51. The molecule has 0 radical (unpaired) electrons.